The fourth-order valence-electron chi connectivity index (χ4n) is 1.70. The van der Waals surface area contributed by atoms with Crippen LogP contribution in [0.15, 0.2) is 18.2 Å². The molecular weight excluding hydrogens is 242 g/mol. The summed E-state index contributed by atoms with van der Waals surface area (Å²) in [6, 6.07) is 5.66. The molecule has 0 heterocycles. The van der Waals surface area contributed by atoms with E-state index in [4.69, 9.17) is 0 Å². The smallest absolute Gasteiger partial charge is 0.253 e. The van der Waals surface area contributed by atoms with E-state index in [0.29, 0.717) is 18.7 Å². The maximum atomic E-state index is 12.0. The van der Waals surface area contributed by atoms with Crippen LogP contribution >= 0.6 is 0 Å². The van der Waals surface area contributed by atoms with E-state index in [-0.39, 0.29) is 11.8 Å². The summed E-state index contributed by atoms with van der Waals surface area (Å²) in [6.45, 7) is 7.03. The highest BCUT2D eigenvalue weighted by atomic mass is 16.2. The summed E-state index contributed by atoms with van der Waals surface area (Å²) >= 11 is 0. The molecule has 0 aliphatic rings. The van der Waals surface area contributed by atoms with Gasteiger partial charge < -0.3 is 16.0 Å². The van der Waals surface area contributed by atoms with Crippen molar-refractivity contribution in [3.63, 3.8) is 0 Å². The van der Waals surface area contributed by atoms with Crippen LogP contribution in [-0.4, -0.2) is 31.4 Å². The highest BCUT2D eigenvalue weighted by Gasteiger charge is 2.10. The Bertz CT molecular complexity index is 458. The lowest BCUT2D eigenvalue weighted by molar-refractivity contribution is -0.118. The minimum absolute atomic E-state index is 0.0991. The summed E-state index contributed by atoms with van der Waals surface area (Å²) in [4.78, 5) is 22.7. The predicted octanol–water partition coefficient (Wildman–Crippen LogP) is 1.29. The Labute approximate surface area is 113 Å². The Morgan fingerprint density at radius 1 is 1.16 bits per heavy atom. The van der Waals surface area contributed by atoms with Crippen LogP contribution in [-0.2, 0) is 4.79 Å². The number of amides is 2. The Kier molecular flexibility index (Phi) is 5.85. The molecule has 0 unspecified atom stereocenters. The molecule has 0 aliphatic carbocycles. The van der Waals surface area contributed by atoms with E-state index in [0.717, 1.165) is 17.8 Å². The summed E-state index contributed by atoms with van der Waals surface area (Å²) in [5, 5.41) is 8.59. The second-order valence-corrected chi connectivity index (χ2v) is 4.32. The van der Waals surface area contributed by atoms with Gasteiger partial charge in [-0.05, 0) is 31.5 Å². The molecule has 104 valence electrons. The van der Waals surface area contributed by atoms with E-state index in [1.54, 1.807) is 6.07 Å². The number of carbonyl (C=O) groups excluding carboxylic acids is 2. The van der Waals surface area contributed by atoms with Gasteiger partial charge in [-0.15, -0.1) is 0 Å². The number of rotatable bonds is 6. The van der Waals surface area contributed by atoms with Crippen molar-refractivity contribution in [1.82, 2.24) is 10.6 Å². The van der Waals surface area contributed by atoms with Gasteiger partial charge in [0.25, 0.3) is 5.91 Å². The van der Waals surface area contributed by atoms with Crippen molar-refractivity contribution in [3.8, 4) is 0 Å². The molecule has 1 aromatic carbocycles. The summed E-state index contributed by atoms with van der Waals surface area (Å²) in [5.41, 5.74) is 2.56. The zero-order valence-electron chi connectivity index (χ0n) is 11.7. The van der Waals surface area contributed by atoms with Crippen molar-refractivity contribution in [2.75, 3.05) is 25.0 Å². The zero-order chi connectivity index (χ0) is 14.3. The van der Waals surface area contributed by atoms with Crippen molar-refractivity contribution in [1.29, 1.82) is 0 Å². The monoisotopic (exact) mass is 263 g/mol. The summed E-state index contributed by atoms with van der Waals surface area (Å²) in [6.07, 6.45) is 0. The van der Waals surface area contributed by atoms with Gasteiger partial charge in [-0.25, -0.2) is 0 Å². The SMILES string of the molecule is CCNc1cc(C)ccc1C(=O)NCCNC(C)=O. The molecule has 0 aliphatic heterocycles. The van der Waals surface area contributed by atoms with Gasteiger partial charge in [-0.3, -0.25) is 9.59 Å². The number of nitrogens with one attached hydrogen (secondary N) is 3. The normalized spacial score (nSPS) is 9.84. The largest absolute Gasteiger partial charge is 0.385 e. The van der Waals surface area contributed by atoms with E-state index in [2.05, 4.69) is 16.0 Å². The van der Waals surface area contributed by atoms with E-state index in [1.165, 1.54) is 6.92 Å². The number of anilines is 1. The van der Waals surface area contributed by atoms with Crippen molar-refractivity contribution >= 4 is 17.5 Å². The van der Waals surface area contributed by atoms with Crippen LogP contribution in [0.4, 0.5) is 5.69 Å². The third kappa shape index (κ3) is 4.99. The van der Waals surface area contributed by atoms with E-state index < -0.39 is 0 Å². The number of hydrogen-bond acceptors (Lipinski definition) is 3. The predicted molar refractivity (Wildman–Crippen MR) is 76.4 cm³/mol. The van der Waals surface area contributed by atoms with Gasteiger partial charge >= 0.3 is 0 Å². The topological polar surface area (TPSA) is 70.2 Å². The van der Waals surface area contributed by atoms with E-state index >= 15 is 0 Å². The lowest BCUT2D eigenvalue weighted by atomic mass is 10.1. The molecule has 0 atom stereocenters. The molecule has 0 spiro atoms. The second kappa shape index (κ2) is 7.41. The number of hydrogen-bond donors (Lipinski definition) is 3. The van der Waals surface area contributed by atoms with Gasteiger partial charge in [0.05, 0.1) is 5.56 Å². The van der Waals surface area contributed by atoms with Crippen LogP contribution in [0.2, 0.25) is 0 Å². The Morgan fingerprint density at radius 2 is 1.84 bits per heavy atom. The summed E-state index contributed by atoms with van der Waals surface area (Å²) < 4.78 is 0. The summed E-state index contributed by atoms with van der Waals surface area (Å²) in [7, 11) is 0. The molecule has 2 amide bonds. The lowest BCUT2D eigenvalue weighted by Gasteiger charge is -2.12. The first kappa shape index (κ1) is 15.0. The number of carbonyl (C=O) groups is 2. The van der Waals surface area contributed by atoms with Crippen LogP contribution in [0.1, 0.15) is 29.8 Å². The van der Waals surface area contributed by atoms with Crippen molar-refractivity contribution in [2.24, 2.45) is 0 Å². The fraction of sp³-hybridized carbons (Fsp3) is 0.429. The third-order valence-electron chi connectivity index (χ3n) is 2.57. The molecule has 0 saturated heterocycles. The molecule has 0 saturated carbocycles. The van der Waals surface area contributed by atoms with Crippen LogP contribution in [0.5, 0.6) is 0 Å². The van der Waals surface area contributed by atoms with Crippen LogP contribution in [0.3, 0.4) is 0 Å². The Hall–Kier alpha value is -2.04. The number of benzene rings is 1. The first-order valence-electron chi connectivity index (χ1n) is 6.41. The van der Waals surface area contributed by atoms with Gasteiger partial charge in [0.2, 0.25) is 5.91 Å². The van der Waals surface area contributed by atoms with Crippen molar-refractivity contribution < 1.29 is 9.59 Å². The quantitative estimate of drug-likeness (QED) is 0.677. The minimum atomic E-state index is -0.138. The van der Waals surface area contributed by atoms with Crippen molar-refractivity contribution in [2.45, 2.75) is 20.8 Å². The zero-order valence-corrected chi connectivity index (χ0v) is 11.7. The van der Waals surface area contributed by atoms with Crippen LogP contribution < -0.4 is 16.0 Å². The van der Waals surface area contributed by atoms with Gasteiger partial charge in [-0.1, -0.05) is 6.07 Å². The maximum absolute atomic E-state index is 12.0. The first-order valence-corrected chi connectivity index (χ1v) is 6.41. The van der Waals surface area contributed by atoms with E-state index in [9.17, 15) is 9.59 Å². The molecular formula is C14H21N3O2. The fourth-order valence-corrected chi connectivity index (χ4v) is 1.70. The van der Waals surface area contributed by atoms with Gasteiger partial charge in [0.1, 0.15) is 0 Å². The standard InChI is InChI=1S/C14H21N3O2/c1-4-15-13-9-10(2)5-6-12(13)14(19)17-8-7-16-11(3)18/h5-6,9,15H,4,7-8H2,1-3H3,(H,16,18)(H,17,19). The Balaban J connectivity index is 2.63. The molecule has 1 rings (SSSR count). The minimum Gasteiger partial charge on any atom is -0.385 e. The summed E-state index contributed by atoms with van der Waals surface area (Å²) in [5.74, 6) is -0.237. The highest BCUT2D eigenvalue weighted by molar-refractivity contribution is 5.99. The molecule has 0 fully saturated rings. The van der Waals surface area contributed by atoms with E-state index in [1.807, 2.05) is 26.0 Å². The molecule has 1 aromatic rings. The number of aryl methyl sites for hydroxylation is 1. The first-order chi connectivity index (χ1) is 9.04. The molecule has 19 heavy (non-hydrogen) atoms. The molecule has 0 aromatic heterocycles. The van der Waals surface area contributed by atoms with Gasteiger partial charge in [-0.2, -0.15) is 0 Å². The van der Waals surface area contributed by atoms with Crippen LogP contribution in [0, 0.1) is 6.92 Å². The van der Waals surface area contributed by atoms with Crippen LogP contribution in [0.25, 0.3) is 0 Å². The molecule has 0 radical (unpaired) electrons. The van der Waals surface area contributed by atoms with Gasteiger partial charge in [0, 0.05) is 32.2 Å². The second-order valence-electron chi connectivity index (χ2n) is 4.32. The molecule has 5 heteroatoms. The van der Waals surface area contributed by atoms with Gasteiger partial charge in [0.15, 0.2) is 0 Å². The molecule has 0 bridgehead atoms. The van der Waals surface area contributed by atoms with Crippen molar-refractivity contribution in [3.05, 3.63) is 29.3 Å². The highest BCUT2D eigenvalue weighted by Crippen LogP contribution is 2.17. The molecule has 3 N–H and O–H groups in total. The Morgan fingerprint density at radius 3 is 2.47 bits per heavy atom. The third-order valence-corrected chi connectivity index (χ3v) is 2.57. The molecule has 5 nitrogen and oxygen atoms in total. The average Bonchev–Trinajstić information content (AvgIpc) is 2.35. The maximum Gasteiger partial charge on any atom is 0.253 e. The lowest BCUT2D eigenvalue weighted by Crippen LogP contribution is -2.33. The average molecular weight is 263 g/mol.